The second-order valence-corrected chi connectivity index (χ2v) is 9.56. The molecule has 1 aromatic heterocycles. The monoisotopic (exact) mass is 481 g/mol. The second-order valence-electron chi connectivity index (χ2n) is 6.84. The van der Waals surface area contributed by atoms with Crippen molar-refractivity contribution in [2.45, 2.75) is 4.90 Å². The van der Waals surface area contributed by atoms with E-state index in [0.717, 1.165) is 10.2 Å². The van der Waals surface area contributed by atoms with Crippen LogP contribution in [0.2, 0.25) is 0 Å². The van der Waals surface area contributed by atoms with Crippen LogP contribution in [0.25, 0.3) is 10.2 Å². The molecule has 4 rings (SSSR count). The molecule has 168 valence electrons. The fourth-order valence-corrected chi connectivity index (χ4v) is 4.82. The van der Waals surface area contributed by atoms with Gasteiger partial charge in [-0.25, -0.2) is 13.4 Å². The van der Waals surface area contributed by atoms with Gasteiger partial charge in [-0.1, -0.05) is 47.7 Å². The van der Waals surface area contributed by atoms with E-state index in [1.54, 1.807) is 18.2 Å². The standard InChI is InChI=1S/C22H19N5O4S2/c28-20(14-23-22-24-18-11-4-5-12-19(18)32-22)25-26-21(29)15-7-6-8-16(13-15)27-33(30,31)17-9-2-1-3-10-17/h1-13,27H,14H2,(H,23,24)(H,25,28)(H,26,29). The molecule has 0 spiro atoms. The van der Waals surface area contributed by atoms with Gasteiger partial charge in [0.15, 0.2) is 5.13 Å². The van der Waals surface area contributed by atoms with E-state index >= 15 is 0 Å². The Kier molecular flexibility index (Phi) is 6.52. The van der Waals surface area contributed by atoms with Crippen LogP contribution in [-0.4, -0.2) is 31.8 Å². The molecule has 4 aromatic rings. The number of fused-ring (bicyclic) bond motifs is 1. The van der Waals surface area contributed by atoms with Gasteiger partial charge in [0.05, 0.1) is 21.7 Å². The van der Waals surface area contributed by atoms with E-state index in [-0.39, 0.29) is 22.7 Å². The second kappa shape index (κ2) is 9.67. The summed E-state index contributed by atoms with van der Waals surface area (Å²) < 4.78 is 28.4. The summed E-state index contributed by atoms with van der Waals surface area (Å²) in [6.07, 6.45) is 0. The Morgan fingerprint density at radius 3 is 2.42 bits per heavy atom. The molecule has 1 heterocycles. The lowest BCUT2D eigenvalue weighted by atomic mass is 10.2. The van der Waals surface area contributed by atoms with E-state index in [2.05, 4.69) is 25.9 Å². The maximum absolute atomic E-state index is 12.5. The average molecular weight is 482 g/mol. The van der Waals surface area contributed by atoms with Crippen molar-refractivity contribution < 1.29 is 18.0 Å². The van der Waals surface area contributed by atoms with Crippen molar-refractivity contribution in [3.63, 3.8) is 0 Å². The highest BCUT2D eigenvalue weighted by Crippen LogP contribution is 2.25. The number of carbonyl (C=O) groups is 2. The van der Waals surface area contributed by atoms with Gasteiger partial charge in [-0.2, -0.15) is 0 Å². The summed E-state index contributed by atoms with van der Waals surface area (Å²) in [5.74, 6) is -1.06. The largest absolute Gasteiger partial charge is 0.352 e. The molecule has 3 aromatic carbocycles. The van der Waals surface area contributed by atoms with Crippen molar-refractivity contribution in [1.82, 2.24) is 15.8 Å². The molecule has 2 amide bonds. The van der Waals surface area contributed by atoms with Crippen LogP contribution in [0.3, 0.4) is 0 Å². The summed E-state index contributed by atoms with van der Waals surface area (Å²) in [5, 5.41) is 3.51. The van der Waals surface area contributed by atoms with Gasteiger partial charge in [0.25, 0.3) is 21.8 Å². The SMILES string of the molecule is O=C(CNc1nc2ccccc2s1)NNC(=O)c1cccc(NS(=O)(=O)c2ccccc2)c1. The first kappa shape index (κ1) is 22.2. The molecule has 0 bridgehead atoms. The first-order valence-electron chi connectivity index (χ1n) is 9.77. The minimum Gasteiger partial charge on any atom is -0.352 e. The van der Waals surface area contributed by atoms with E-state index in [1.165, 1.54) is 47.7 Å². The maximum Gasteiger partial charge on any atom is 0.269 e. The number of para-hydroxylation sites is 1. The molecule has 0 atom stereocenters. The molecule has 33 heavy (non-hydrogen) atoms. The Labute approximate surface area is 193 Å². The van der Waals surface area contributed by atoms with Crippen LogP contribution in [0.1, 0.15) is 10.4 Å². The first-order valence-corrected chi connectivity index (χ1v) is 12.1. The fourth-order valence-electron chi connectivity index (χ4n) is 2.88. The molecule has 0 saturated heterocycles. The van der Waals surface area contributed by atoms with Crippen molar-refractivity contribution in [2.75, 3.05) is 16.6 Å². The molecule has 0 aliphatic heterocycles. The number of hydrazine groups is 1. The number of hydrogen-bond acceptors (Lipinski definition) is 7. The Hall–Kier alpha value is -3.96. The van der Waals surface area contributed by atoms with Gasteiger partial charge < -0.3 is 5.32 Å². The van der Waals surface area contributed by atoms with E-state index in [4.69, 9.17) is 0 Å². The van der Waals surface area contributed by atoms with Crippen molar-refractivity contribution in [1.29, 1.82) is 0 Å². The minimum absolute atomic E-state index is 0.0863. The Morgan fingerprint density at radius 1 is 0.879 bits per heavy atom. The lowest BCUT2D eigenvalue weighted by Gasteiger charge is -2.10. The number of amides is 2. The van der Waals surface area contributed by atoms with Crippen LogP contribution < -0.4 is 20.9 Å². The average Bonchev–Trinajstić information content (AvgIpc) is 3.25. The summed E-state index contributed by atoms with van der Waals surface area (Å²) in [6.45, 7) is -0.0863. The molecule has 0 aliphatic carbocycles. The van der Waals surface area contributed by atoms with Crippen LogP contribution in [0.5, 0.6) is 0 Å². The predicted molar refractivity (Wildman–Crippen MR) is 127 cm³/mol. The number of nitrogens with zero attached hydrogens (tertiary/aromatic N) is 1. The van der Waals surface area contributed by atoms with Crippen LogP contribution in [-0.2, 0) is 14.8 Å². The Morgan fingerprint density at radius 2 is 1.64 bits per heavy atom. The van der Waals surface area contributed by atoms with Crippen LogP contribution in [0.15, 0.2) is 83.8 Å². The molecular weight excluding hydrogens is 462 g/mol. The van der Waals surface area contributed by atoms with Crippen molar-refractivity contribution in [3.05, 3.63) is 84.4 Å². The van der Waals surface area contributed by atoms with Gasteiger partial charge >= 0.3 is 0 Å². The van der Waals surface area contributed by atoms with E-state index in [0.29, 0.717) is 5.13 Å². The number of carbonyl (C=O) groups excluding carboxylic acids is 2. The number of benzene rings is 3. The lowest BCUT2D eigenvalue weighted by molar-refractivity contribution is -0.120. The first-order chi connectivity index (χ1) is 15.9. The van der Waals surface area contributed by atoms with Crippen molar-refractivity contribution in [2.24, 2.45) is 0 Å². The molecule has 0 unspecified atom stereocenters. The van der Waals surface area contributed by atoms with Gasteiger partial charge in [0.2, 0.25) is 0 Å². The van der Waals surface area contributed by atoms with E-state index < -0.39 is 21.8 Å². The number of thiazole rings is 1. The zero-order valence-electron chi connectivity index (χ0n) is 17.1. The fraction of sp³-hybridized carbons (Fsp3) is 0.0455. The quantitative estimate of drug-likeness (QED) is 0.300. The third-order valence-corrected chi connectivity index (χ3v) is 6.83. The van der Waals surface area contributed by atoms with Crippen LogP contribution >= 0.6 is 11.3 Å². The summed E-state index contributed by atoms with van der Waals surface area (Å²) in [4.78, 5) is 28.9. The predicted octanol–water partition coefficient (Wildman–Crippen LogP) is 2.97. The molecule has 0 saturated carbocycles. The maximum atomic E-state index is 12.5. The van der Waals surface area contributed by atoms with Gasteiger partial charge in [0.1, 0.15) is 0 Å². The van der Waals surface area contributed by atoms with E-state index in [9.17, 15) is 18.0 Å². The number of sulfonamides is 1. The molecular formula is C22H19N5O4S2. The van der Waals surface area contributed by atoms with Gasteiger partial charge in [-0.05, 0) is 42.5 Å². The molecule has 0 fully saturated rings. The summed E-state index contributed by atoms with van der Waals surface area (Å²) in [6, 6.07) is 21.4. The number of anilines is 2. The molecule has 4 N–H and O–H groups in total. The van der Waals surface area contributed by atoms with Gasteiger partial charge in [0, 0.05) is 11.3 Å². The summed E-state index contributed by atoms with van der Waals surface area (Å²) in [7, 11) is -3.79. The number of rotatable bonds is 7. The highest BCUT2D eigenvalue weighted by molar-refractivity contribution is 7.92. The Bertz CT molecular complexity index is 1370. The van der Waals surface area contributed by atoms with Crippen LogP contribution in [0.4, 0.5) is 10.8 Å². The molecule has 0 radical (unpaired) electrons. The van der Waals surface area contributed by atoms with Crippen LogP contribution in [0, 0.1) is 0 Å². The lowest BCUT2D eigenvalue weighted by Crippen LogP contribution is -2.44. The Balaban J connectivity index is 1.31. The van der Waals surface area contributed by atoms with Crippen molar-refractivity contribution >= 4 is 54.2 Å². The third-order valence-electron chi connectivity index (χ3n) is 4.44. The highest BCUT2D eigenvalue weighted by atomic mass is 32.2. The third kappa shape index (κ3) is 5.64. The normalized spacial score (nSPS) is 11.0. The highest BCUT2D eigenvalue weighted by Gasteiger charge is 2.15. The topological polar surface area (TPSA) is 129 Å². The van der Waals surface area contributed by atoms with Crippen molar-refractivity contribution in [3.8, 4) is 0 Å². The molecule has 9 nitrogen and oxygen atoms in total. The zero-order valence-corrected chi connectivity index (χ0v) is 18.7. The number of hydrogen-bond donors (Lipinski definition) is 4. The van der Waals surface area contributed by atoms with Gasteiger partial charge in [-0.3, -0.25) is 25.2 Å². The summed E-state index contributed by atoms with van der Waals surface area (Å²) >= 11 is 1.42. The molecule has 11 heteroatoms. The smallest absolute Gasteiger partial charge is 0.269 e. The summed E-state index contributed by atoms with van der Waals surface area (Å²) in [5.41, 5.74) is 5.85. The number of nitrogens with one attached hydrogen (secondary N) is 4. The number of aromatic nitrogens is 1. The minimum atomic E-state index is -3.79. The van der Waals surface area contributed by atoms with E-state index in [1.807, 2.05) is 24.3 Å². The zero-order chi connectivity index (χ0) is 23.3. The molecule has 0 aliphatic rings. The van der Waals surface area contributed by atoms with Gasteiger partial charge in [-0.15, -0.1) is 0 Å².